The number of aromatic nitrogens is 1. The minimum atomic E-state index is 0.588. The van der Waals surface area contributed by atoms with Crippen LogP contribution in [0.1, 0.15) is 24.0 Å². The number of nitrogens with zero attached hydrogens (tertiary/aromatic N) is 1. The van der Waals surface area contributed by atoms with Gasteiger partial charge in [-0.25, -0.2) is 4.98 Å². The van der Waals surface area contributed by atoms with Crippen molar-refractivity contribution in [2.24, 2.45) is 0 Å². The second-order valence-electron chi connectivity index (χ2n) is 5.17. The molecule has 2 aromatic rings. The Balaban J connectivity index is 1.66. The molecule has 0 bridgehead atoms. The normalized spacial score (nSPS) is 14.3. The standard InChI is InChI=1S/C16H17ClN2O/c1-11-2-4-13(17)8-15(11)20-16-7-3-12(10-19-16)9-18-14-5-6-14/h2-4,7-8,10,14,18H,5-6,9H2,1H3. The summed E-state index contributed by atoms with van der Waals surface area (Å²) >= 11 is 5.98. The van der Waals surface area contributed by atoms with Crippen LogP contribution in [-0.2, 0) is 6.54 Å². The zero-order chi connectivity index (χ0) is 13.9. The Bertz CT molecular complexity index is 594. The zero-order valence-corrected chi connectivity index (χ0v) is 12.2. The highest BCUT2D eigenvalue weighted by molar-refractivity contribution is 6.30. The monoisotopic (exact) mass is 288 g/mol. The third-order valence-corrected chi connectivity index (χ3v) is 3.57. The molecule has 20 heavy (non-hydrogen) atoms. The molecule has 1 aromatic heterocycles. The van der Waals surface area contributed by atoms with Gasteiger partial charge in [0.1, 0.15) is 5.75 Å². The first-order chi connectivity index (χ1) is 9.70. The third kappa shape index (κ3) is 3.50. The van der Waals surface area contributed by atoms with Crippen molar-refractivity contribution >= 4 is 11.6 Å². The van der Waals surface area contributed by atoms with Crippen molar-refractivity contribution in [3.63, 3.8) is 0 Å². The molecule has 0 amide bonds. The predicted molar refractivity (Wildman–Crippen MR) is 80.4 cm³/mol. The molecule has 104 valence electrons. The van der Waals surface area contributed by atoms with E-state index in [-0.39, 0.29) is 0 Å². The highest BCUT2D eigenvalue weighted by Crippen LogP contribution is 2.27. The van der Waals surface area contributed by atoms with Gasteiger partial charge in [-0.15, -0.1) is 0 Å². The molecular formula is C16H17ClN2O. The molecule has 0 atom stereocenters. The number of hydrogen-bond acceptors (Lipinski definition) is 3. The summed E-state index contributed by atoms with van der Waals surface area (Å²) in [5.74, 6) is 1.33. The van der Waals surface area contributed by atoms with Gasteiger partial charge in [0, 0.05) is 29.9 Å². The van der Waals surface area contributed by atoms with Crippen molar-refractivity contribution in [3.05, 3.63) is 52.7 Å². The molecule has 1 N–H and O–H groups in total. The first kappa shape index (κ1) is 13.4. The topological polar surface area (TPSA) is 34.1 Å². The molecule has 1 aliphatic carbocycles. The minimum absolute atomic E-state index is 0.588. The van der Waals surface area contributed by atoms with E-state index in [0.29, 0.717) is 16.9 Å². The second kappa shape index (κ2) is 5.81. The molecule has 0 unspecified atom stereocenters. The summed E-state index contributed by atoms with van der Waals surface area (Å²) in [5.41, 5.74) is 2.21. The Hall–Kier alpha value is -1.58. The largest absolute Gasteiger partial charge is 0.439 e. The fourth-order valence-electron chi connectivity index (χ4n) is 1.92. The van der Waals surface area contributed by atoms with Gasteiger partial charge >= 0.3 is 0 Å². The van der Waals surface area contributed by atoms with E-state index >= 15 is 0 Å². The van der Waals surface area contributed by atoms with Crippen LogP contribution in [0.25, 0.3) is 0 Å². The van der Waals surface area contributed by atoms with Gasteiger partial charge in [0.05, 0.1) is 0 Å². The Morgan fingerprint density at radius 3 is 2.85 bits per heavy atom. The molecule has 1 heterocycles. The number of halogens is 1. The van der Waals surface area contributed by atoms with E-state index in [1.54, 1.807) is 6.07 Å². The lowest BCUT2D eigenvalue weighted by atomic mass is 10.2. The van der Waals surface area contributed by atoms with Gasteiger partial charge < -0.3 is 10.1 Å². The smallest absolute Gasteiger partial charge is 0.219 e. The highest BCUT2D eigenvalue weighted by atomic mass is 35.5. The SMILES string of the molecule is Cc1ccc(Cl)cc1Oc1ccc(CNC2CC2)cn1. The molecule has 1 aromatic carbocycles. The van der Waals surface area contributed by atoms with Crippen LogP contribution in [0.15, 0.2) is 36.5 Å². The van der Waals surface area contributed by atoms with E-state index in [0.717, 1.165) is 17.9 Å². The fraction of sp³-hybridized carbons (Fsp3) is 0.312. The fourth-order valence-corrected chi connectivity index (χ4v) is 2.08. The summed E-state index contributed by atoms with van der Waals surface area (Å²) in [6.07, 6.45) is 4.44. The van der Waals surface area contributed by atoms with Crippen LogP contribution in [0.3, 0.4) is 0 Å². The average molecular weight is 289 g/mol. The van der Waals surface area contributed by atoms with Crippen molar-refractivity contribution in [2.75, 3.05) is 0 Å². The molecule has 0 radical (unpaired) electrons. The number of ether oxygens (including phenoxy) is 1. The van der Waals surface area contributed by atoms with E-state index in [2.05, 4.69) is 10.3 Å². The summed E-state index contributed by atoms with van der Waals surface area (Å²) in [6, 6.07) is 10.2. The van der Waals surface area contributed by atoms with Crippen molar-refractivity contribution in [1.82, 2.24) is 10.3 Å². The maximum absolute atomic E-state index is 5.98. The average Bonchev–Trinajstić information content (AvgIpc) is 3.26. The van der Waals surface area contributed by atoms with Crippen molar-refractivity contribution in [2.45, 2.75) is 32.4 Å². The lowest BCUT2D eigenvalue weighted by Crippen LogP contribution is -2.15. The maximum Gasteiger partial charge on any atom is 0.219 e. The predicted octanol–water partition coefficient (Wildman–Crippen LogP) is 4.09. The van der Waals surface area contributed by atoms with Crippen LogP contribution in [0.4, 0.5) is 0 Å². The summed E-state index contributed by atoms with van der Waals surface area (Å²) in [4.78, 5) is 4.34. The van der Waals surface area contributed by atoms with Gasteiger partial charge in [0.25, 0.3) is 0 Å². The van der Waals surface area contributed by atoms with E-state index in [1.165, 1.54) is 18.4 Å². The number of rotatable bonds is 5. The lowest BCUT2D eigenvalue weighted by Gasteiger charge is -2.09. The van der Waals surface area contributed by atoms with E-state index in [4.69, 9.17) is 16.3 Å². The molecule has 4 heteroatoms. The molecule has 3 nitrogen and oxygen atoms in total. The van der Waals surface area contributed by atoms with Crippen LogP contribution in [-0.4, -0.2) is 11.0 Å². The molecule has 3 rings (SSSR count). The zero-order valence-electron chi connectivity index (χ0n) is 11.4. The Kier molecular flexibility index (Phi) is 3.90. The van der Waals surface area contributed by atoms with Crippen LogP contribution >= 0.6 is 11.6 Å². The van der Waals surface area contributed by atoms with Crippen LogP contribution in [0.2, 0.25) is 5.02 Å². The van der Waals surface area contributed by atoms with E-state index in [1.807, 2.05) is 37.4 Å². The minimum Gasteiger partial charge on any atom is -0.439 e. The third-order valence-electron chi connectivity index (χ3n) is 3.33. The molecule has 0 aliphatic heterocycles. The molecular weight excluding hydrogens is 272 g/mol. The Labute approximate surface area is 123 Å². The van der Waals surface area contributed by atoms with Gasteiger partial charge in [-0.1, -0.05) is 23.7 Å². The maximum atomic E-state index is 5.98. The van der Waals surface area contributed by atoms with Gasteiger partial charge in [-0.3, -0.25) is 0 Å². The van der Waals surface area contributed by atoms with Crippen LogP contribution in [0.5, 0.6) is 11.6 Å². The number of hydrogen-bond donors (Lipinski definition) is 1. The number of nitrogens with one attached hydrogen (secondary N) is 1. The quantitative estimate of drug-likeness (QED) is 0.900. The summed E-state index contributed by atoms with van der Waals surface area (Å²) in [7, 11) is 0. The Morgan fingerprint density at radius 2 is 2.15 bits per heavy atom. The number of aryl methyl sites for hydroxylation is 1. The van der Waals surface area contributed by atoms with E-state index < -0.39 is 0 Å². The molecule has 1 aliphatic rings. The first-order valence-corrected chi connectivity index (χ1v) is 7.21. The van der Waals surface area contributed by atoms with Crippen molar-refractivity contribution < 1.29 is 4.74 Å². The molecule has 1 fully saturated rings. The molecule has 1 saturated carbocycles. The number of benzene rings is 1. The van der Waals surface area contributed by atoms with Gasteiger partial charge in [0.2, 0.25) is 5.88 Å². The highest BCUT2D eigenvalue weighted by Gasteiger charge is 2.19. The first-order valence-electron chi connectivity index (χ1n) is 6.83. The van der Waals surface area contributed by atoms with Gasteiger partial charge in [0.15, 0.2) is 0 Å². The summed E-state index contributed by atoms with van der Waals surface area (Å²) in [6.45, 7) is 2.85. The Morgan fingerprint density at radius 1 is 1.30 bits per heavy atom. The summed E-state index contributed by atoms with van der Waals surface area (Å²) < 4.78 is 5.77. The van der Waals surface area contributed by atoms with Crippen LogP contribution < -0.4 is 10.1 Å². The van der Waals surface area contributed by atoms with Crippen molar-refractivity contribution in [1.29, 1.82) is 0 Å². The van der Waals surface area contributed by atoms with Gasteiger partial charge in [-0.2, -0.15) is 0 Å². The molecule has 0 saturated heterocycles. The molecule has 0 spiro atoms. The number of pyridine rings is 1. The lowest BCUT2D eigenvalue weighted by molar-refractivity contribution is 0.459. The summed E-state index contributed by atoms with van der Waals surface area (Å²) in [5, 5.41) is 4.12. The van der Waals surface area contributed by atoms with E-state index in [9.17, 15) is 0 Å². The van der Waals surface area contributed by atoms with Crippen LogP contribution in [0, 0.1) is 6.92 Å². The second-order valence-corrected chi connectivity index (χ2v) is 5.61. The van der Waals surface area contributed by atoms with Gasteiger partial charge in [-0.05, 0) is 43.0 Å². The van der Waals surface area contributed by atoms with Crippen molar-refractivity contribution in [3.8, 4) is 11.6 Å².